The zero-order valence-electron chi connectivity index (χ0n) is 6.81. The van der Waals surface area contributed by atoms with Gasteiger partial charge < -0.3 is 0 Å². The minimum absolute atomic E-state index is 0.0657. The first-order valence-electron chi connectivity index (χ1n) is 3.44. The molecule has 0 aliphatic carbocycles. The van der Waals surface area contributed by atoms with Crippen molar-refractivity contribution in [3.8, 4) is 6.07 Å². The Morgan fingerprint density at radius 2 is 2.23 bits per heavy atom. The minimum atomic E-state index is -0.518. The van der Waals surface area contributed by atoms with Crippen molar-refractivity contribution in [2.75, 3.05) is 0 Å². The fourth-order valence-electron chi connectivity index (χ4n) is 0.938. The molecule has 0 radical (unpaired) electrons. The summed E-state index contributed by atoms with van der Waals surface area (Å²) in [5, 5.41) is 19.1. The van der Waals surface area contributed by atoms with E-state index in [0.717, 1.165) is 0 Å². The van der Waals surface area contributed by atoms with E-state index >= 15 is 0 Å². The fourth-order valence-corrected chi connectivity index (χ4v) is 1.19. The number of thiol groups is 1. The van der Waals surface area contributed by atoms with Gasteiger partial charge in [-0.3, -0.25) is 10.1 Å². The number of nitrogens with zero attached hydrogens (tertiary/aromatic N) is 2. The summed E-state index contributed by atoms with van der Waals surface area (Å²) < 4.78 is 0. The van der Waals surface area contributed by atoms with Crippen LogP contribution in [0.1, 0.15) is 11.1 Å². The van der Waals surface area contributed by atoms with Gasteiger partial charge in [0.15, 0.2) is 0 Å². The maximum absolute atomic E-state index is 10.5. The Balaban J connectivity index is 3.44. The first kappa shape index (κ1) is 9.55. The lowest BCUT2D eigenvalue weighted by atomic mass is 10.1. The molecule has 0 atom stereocenters. The maximum atomic E-state index is 10.5. The van der Waals surface area contributed by atoms with E-state index in [4.69, 9.17) is 5.26 Å². The van der Waals surface area contributed by atoms with E-state index in [1.54, 1.807) is 6.92 Å². The van der Waals surface area contributed by atoms with Crippen LogP contribution in [0.3, 0.4) is 0 Å². The van der Waals surface area contributed by atoms with Crippen molar-refractivity contribution in [1.29, 1.82) is 5.26 Å². The van der Waals surface area contributed by atoms with Crippen molar-refractivity contribution >= 4 is 18.3 Å². The number of hydrogen-bond acceptors (Lipinski definition) is 4. The third-order valence-electron chi connectivity index (χ3n) is 1.68. The normalized spacial score (nSPS) is 9.31. The molecule has 0 N–H and O–H groups in total. The minimum Gasteiger partial charge on any atom is -0.258 e. The molecule has 0 heterocycles. The molecule has 0 aliphatic rings. The summed E-state index contributed by atoms with van der Waals surface area (Å²) in [5.74, 6) is 0. The summed E-state index contributed by atoms with van der Waals surface area (Å²) in [5.41, 5.74) is 0.665. The van der Waals surface area contributed by atoms with Gasteiger partial charge in [-0.05, 0) is 13.0 Å². The second-order valence-electron chi connectivity index (χ2n) is 2.51. The van der Waals surface area contributed by atoms with Crippen LogP contribution in [0.25, 0.3) is 0 Å². The second kappa shape index (κ2) is 3.46. The van der Waals surface area contributed by atoms with Gasteiger partial charge >= 0.3 is 0 Å². The van der Waals surface area contributed by atoms with Gasteiger partial charge in [-0.15, -0.1) is 12.6 Å². The van der Waals surface area contributed by atoms with Crippen LogP contribution in [0, 0.1) is 28.4 Å². The number of nitriles is 1. The monoisotopic (exact) mass is 194 g/mol. The molecule has 0 saturated carbocycles. The van der Waals surface area contributed by atoms with Gasteiger partial charge in [-0.25, -0.2) is 0 Å². The predicted molar refractivity (Wildman–Crippen MR) is 49.8 cm³/mol. The lowest BCUT2D eigenvalue weighted by Crippen LogP contribution is -1.93. The number of nitro groups is 1. The van der Waals surface area contributed by atoms with Crippen LogP contribution in [0.15, 0.2) is 17.0 Å². The van der Waals surface area contributed by atoms with E-state index in [9.17, 15) is 10.1 Å². The second-order valence-corrected chi connectivity index (χ2v) is 2.99. The summed E-state index contributed by atoms with van der Waals surface area (Å²) in [4.78, 5) is 10.5. The lowest BCUT2D eigenvalue weighted by Gasteiger charge is -2.00. The molecule has 0 aliphatic heterocycles. The zero-order chi connectivity index (χ0) is 10.0. The molecular formula is C8H6N2O2S. The van der Waals surface area contributed by atoms with Gasteiger partial charge in [0, 0.05) is 16.5 Å². The van der Waals surface area contributed by atoms with E-state index < -0.39 is 4.92 Å². The highest BCUT2D eigenvalue weighted by Crippen LogP contribution is 2.25. The molecule has 1 aromatic carbocycles. The summed E-state index contributed by atoms with van der Waals surface area (Å²) >= 11 is 4.03. The van der Waals surface area contributed by atoms with Crippen molar-refractivity contribution in [1.82, 2.24) is 0 Å². The first-order chi connectivity index (χ1) is 6.06. The van der Waals surface area contributed by atoms with Crippen LogP contribution in [0.5, 0.6) is 0 Å². The van der Waals surface area contributed by atoms with E-state index in [1.807, 2.05) is 6.07 Å². The molecule has 66 valence electrons. The van der Waals surface area contributed by atoms with Gasteiger partial charge in [-0.1, -0.05) is 0 Å². The van der Waals surface area contributed by atoms with E-state index in [0.29, 0.717) is 10.5 Å². The van der Waals surface area contributed by atoms with Gasteiger partial charge in [0.25, 0.3) is 5.69 Å². The Morgan fingerprint density at radius 3 is 2.69 bits per heavy atom. The zero-order valence-corrected chi connectivity index (χ0v) is 7.71. The third-order valence-corrected chi connectivity index (χ3v) is 2.14. The van der Waals surface area contributed by atoms with Gasteiger partial charge in [0.05, 0.1) is 16.6 Å². The third kappa shape index (κ3) is 1.79. The first-order valence-corrected chi connectivity index (χ1v) is 3.89. The highest BCUT2D eigenvalue weighted by atomic mass is 32.1. The SMILES string of the molecule is Cc1c(S)cc(C#N)cc1[N+](=O)[O-]. The molecule has 4 nitrogen and oxygen atoms in total. The molecular weight excluding hydrogens is 188 g/mol. The quantitative estimate of drug-likeness (QED) is 0.422. The van der Waals surface area contributed by atoms with Crippen molar-refractivity contribution < 1.29 is 4.92 Å². The van der Waals surface area contributed by atoms with Crippen molar-refractivity contribution in [2.45, 2.75) is 11.8 Å². The Bertz CT molecular complexity index is 409. The van der Waals surface area contributed by atoms with Gasteiger partial charge in [0.1, 0.15) is 0 Å². The van der Waals surface area contributed by atoms with Crippen LogP contribution >= 0.6 is 12.6 Å². The Kier molecular flexibility index (Phi) is 2.54. The summed E-state index contributed by atoms with van der Waals surface area (Å²) in [7, 11) is 0. The molecule has 5 heteroatoms. The number of hydrogen-bond donors (Lipinski definition) is 1. The van der Waals surface area contributed by atoms with Crippen LogP contribution in [0.4, 0.5) is 5.69 Å². The Morgan fingerprint density at radius 1 is 1.62 bits per heavy atom. The number of rotatable bonds is 1. The molecule has 0 saturated heterocycles. The largest absolute Gasteiger partial charge is 0.274 e. The molecule has 0 bridgehead atoms. The van der Waals surface area contributed by atoms with Gasteiger partial charge in [0.2, 0.25) is 0 Å². The maximum Gasteiger partial charge on any atom is 0.274 e. The van der Waals surface area contributed by atoms with Crippen LogP contribution in [0.2, 0.25) is 0 Å². The van der Waals surface area contributed by atoms with E-state index in [1.165, 1.54) is 12.1 Å². The Hall–Kier alpha value is -1.54. The predicted octanol–water partition coefficient (Wildman–Crippen LogP) is 2.06. The standard InChI is InChI=1S/C8H6N2O2S/c1-5-7(10(11)12)2-6(4-9)3-8(5)13/h2-3,13H,1H3. The van der Waals surface area contributed by atoms with Crippen LogP contribution in [-0.2, 0) is 0 Å². The smallest absolute Gasteiger partial charge is 0.258 e. The number of benzene rings is 1. The highest BCUT2D eigenvalue weighted by Gasteiger charge is 2.13. The molecule has 1 aromatic rings. The van der Waals surface area contributed by atoms with Crippen LogP contribution in [-0.4, -0.2) is 4.92 Å². The Labute approximate surface area is 80.4 Å². The van der Waals surface area contributed by atoms with Gasteiger partial charge in [-0.2, -0.15) is 5.26 Å². The topological polar surface area (TPSA) is 66.9 Å². The molecule has 0 aromatic heterocycles. The molecule has 1 rings (SSSR count). The summed E-state index contributed by atoms with van der Waals surface area (Å²) in [6, 6.07) is 4.59. The van der Waals surface area contributed by atoms with Crippen LogP contribution < -0.4 is 0 Å². The summed E-state index contributed by atoms with van der Waals surface area (Å²) in [6.07, 6.45) is 0. The molecule has 0 unspecified atom stereocenters. The molecule has 0 fully saturated rings. The molecule has 13 heavy (non-hydrogen) atoms. The van der Waals surface area contributed by atoms with Crippen molar-refractivity contribution in [3.05, 3.63) is 33.4 Å². The molecule has 0 spiro atoms. The molecule has 0 amide bonds. The van der Waals surface area contributed by atoms with E-state index in [-0.39, 0.29) is 11.3 Å². The average molecular weight is 194 g/mol. The van der Waals surface area contributed by atoms with Crippen molar-refractivity contribution in [2.24, 2.45) is 0 Å². The highest BCUT2D eigenvalue weighted by molar-refractivity contribution is 7.80. The lowest BCUT2D eigenvalue weighted by molar-refractivity contribution is -0.385. The van der Waals surface area contributed by atoms with E-state index in [2.05, 4.69) is 12.6 Å². The van der Waals surface area contributed by atoms with Crippen molar-refractivity contribution in [3.63, 3.8) is 0 Å². The average Bonchev–Trinajstić information content (AvgIpc) is 2.09. The number of nitro benzene ring substituents is 1. The summed E-state index contributed by atoms with van der Waals surface area (Å²) in [6.45, 7) is 1.60. The fraction of sp³-hybridized carbons (Fsp3) is 0.125.